The van der Waals surface area contributed by atoms with Crippen LogP contribution in [-0.2, 0) is 0 Å². The molecule has 0 saturated carbocycles. The molecule has 0 aliphatic heterocycles. The summed E-state index contributed by atoms with van der Waals surface area (Å²) in [5.41, 5.74) is 1.56. The van der Waals surface area contributed by atoms with Crippen molar-refractivity contribution in [2.45, 2.75) is 0 Å². The van der Waals surface area contributed by atoms with Gasteiger partial charge in [0.2, 0.25) is 0 Å². The molecule has 0 amide bonds. The van der Waals surface area contributed by atoms with Crippen LogP contribution in [0.2, 0.25) is 5.02 Å². The number of hydrogen-bond acceptors (Lipinski definition) is 3. The molecule has 0 saturated heterocycles. The van der Waals surface area contributed by atoms with Crippen molar-refractivity contribution < 1.29 is 0 Å². The number of anilines is 2. The lowest BCUT2D eigenvalue weighted by Gasteiger charge is -2.09. The highest BCUT2D eigenvalue weighted by Gasteiger charge is 2.09. The summed E-state index contributed by atoms with van der Waals surface area (Å²) in [5.74, 6) is 0.656. The molecule has 19 heavy (non-hydrogen) atoms. The number of imidazole rings is 1. The van der Waals surface area contributed by atoms with Gasteiger partial charge in [-0.05, 0) is 56.7 Å². The number of halogens is 3. The maximum Gasteiger partial charge on any atom is 0.180 e. The van der Waals surface area contributed by atoms with Crippen LogP contribution < -0.4 is 5.32 Å². The van der Waals surface area contributed by atoms with Crippen LogP contribution in [-0.4, -0.2) is 14.4 Å². The monoisotopic (exact) mass is 448 g/mol. The van der Waals surface area contributed by atoms with Gasteiger partial charge >= 0.3 is 0 Å². The third-order valence-corrected chi connectivity index (χ3v) is 3.91. The van der Waals surface area contributed by atoms with Crippen molar-refractivity contribution in [1.82, 2.24) is 14.4 Å². The van der Waals surface area contributed by atoms with E-state index in [0.29, 0.717) is 10.8 Å². The Hall–Kier alpha value is -0.860. The topological polar surface area (TPSA) is 42.2 Å². The van der Waals surface area contributed by atoms with Gasteiger partial charge in [0.25, 0.3) is 0 Å². The second-order valence-corrected chi connectivity index (χ2v) is 6.28. The van der Waals surface area contributed by atoms with Crippen molar-refractivity contribution in [3.63, 3.8) is 0 Å². The van der Waals surface area contributed by atoms with E-state index in [2.05, 4.69) is 53.8 Å². The smallest absolute Gasteiger partial charge is 0.180 e. The van der Waals surface area contributed by atoms with E-state index in [9.17, 15) is 0 Å². The minimum Gasteiger partial charge on any atom is -0.336 e. The molecule has 0 aliphatic carbocycles. The number of nitrogens with one attached hydrogen (secondary N) is 1. The van der Waals surface area contributed by atoms with E-state index in [1.54, 1.807) is 6.20 Å². The Kier molecular flexibility index (Phi) is 3.64. The zero-order chi connectivity index (χ0) is 13.4. The molecule has 2 aromatic heterocycles. The van der Waals surface area contributed by atoms with Crippen LogP contribution in [0.1, 0.15) is 0 Å². The highest BCUT2D eigenvalue weighted by molar-refractivity contribution is 14.1. The lowest BCUT2D eigenvalue weighted by atomic mass is 10.3. The number of benzene rings is 1. The fourth-order valence-corrected chi connectivity index (χ4v) is 2.76. The molecule has 96 valence electrons. The first-order valence-corrected chi connectivity index (χ1v) is 7.60. The summed E-state index contributed by atoms with van der Waals surface area (Å²) >= 11 is 11.8. The van der Waals surface area contributed by atoms with E-state index in [1.807, 2.05) is 35.0 Å². The van der Waals surface area contributed by atoms with Gasteiger partial charge in [-0.2, -0.15) is 0 Å². The molecular weight excluding hydrogens is 442 g/mol. The van der Waals surface area contributed by atoms with Crippen LogP contribution in [0.15, 0.2) is 41.4 Å². The summed E-state index contributed by atoms with van der Waals surface area (Å²) in [7, 11) is 0. The quantitative estimate of drug-likeness (QED) is 0.586. The molecule has 0 bridgehead atoms. The number of nitrogens with zero attached hydrogens (tertiary/aromatic N) is 3. The summed E-state index contributed by atoms with van der Waals surface area (Å²) in [4.78, 5) is 8.68. The fourth-order valence-electron chi connectivity index (χ4n) is 1.71. The van der Waals surface area contributed by atoms with Crippen molar-refractivity contribution in [1.29, 1.82) is 0 Å². The molecule has 3 rings (SSSR count). The molecule has 0 fully saturated rings. The Labute approximate surface area is 136 Å². The highest BCUT2D eigenvalue weighted by atomic mass is 127. The summed E-state index contributed by atoms with van der Waals surface area (Å²) in [6.45, 7) is 0. The van der Waals surface area contributed by atoms with Gasteiger partial charge in [-0.3, -0.25) is 0 Å². The first-order chi connectivity index (χ1) is 9.13. The van der Waals surface area contributed by atoms with Gasteiger partial charge in [0.05, 0.1) is 10.7 Å². The number of fused-ring (bicyclic) bond motifs is 1. The number of aromatic nitrogens is 3. The Morgan fingerprint density at radius 3 is 3.05 bits per heavy atom. The lowest BCUT2D eigenvalue weighted by molar-refractivity contribution is 1.10. The van der Waals surface area contributed by atoms with Crippen molar-refractivity contribution in [3.05, 3.63) is 50.0 Å². The van der Waals surface area contributed by atoms with E-state index in [1.165, 1.54) is 0 Å². The maximum atomic E-state index is 6.18. The normalized spacial score (nSPS) is 10.9. The third kappa shape index (κ3) is 2.70. The van der Waals surface area contributed by atoms with Crippen LogP contribution >= 0.6 is 50.1 Å². The van der Waals surface area contributed by atoms with Crippen LogP contribution in [0.3, 0.4) is 0 Å². The molecule has 4 nitrogen and oxygen atoms in total. The zero-order valence-electron chi connectivity index (χ0n) is 9.44. The summed E-state index contributed by atoms with van der Waals surface area (Å²) < 4.78 is 3.71. The molecule has 3 aromatic rings. The van der Waals surface area contributed by atoms with Crippen molar-refractivity contribution in [2.75, 3.05) is 5.32 Å². The zero-order valence-corrected chi connectivity index (χ0v) is 13.9. The average molecular weight is 449 g/mol. The Balaban J connectivity index is 2.10. The van der Waals surface area contributed by atoms with E-state index in [-0.39, 0.29) is 0 Å². The SMILES string of the molecule is Clc1ccc(I)cc1Nc1nc(Br)cn2ccnc12. The molecule has 0 unspecified atom stereocenters. The summed E-state index contributed by atoms with van der Waals surface area (Å²) in [5, 5.41) is 3.87. The standard InChI is InChI=1S/C12H7BrClIN4/c13-10-6-19-4-3-16-12(19)11(18-10)17-9-5-7(15)1-2-8(9)14/h1-6H,(H,17,18). The predicted octanol–water partition coefficient (Wildman–Crippen LogP) is 4.49. The maximum absolute atomic E-state index is 6.18. The predicted molar refractivity (Wildman–Crippen MR) is 88.1 cm³/mol. The molecule has 0 spiro atoms. The van der Waals surface area contributed by atoms with Gasteiger partial charge in [0.1, 0.15) is 4.60 Å². The van der Waals surface area contributed by atoms with Gasteiger partial charge < -0.3 is 9.72 Å². The fraction of sp³-hybridized carbons (Fsp3) is 0. The molecule has 0 radical (unpaired) electrons. The highest BCUT2D eigenvalue weighted by Crippen LogP contribution is 2.28. The Morgan fingerprint density at radius 2 is 2.21 bits per heavy atom. The Bertz CT molecular complexity index is 759. The van der Waals surface area contributed by atoms with Crippen LogP contribution in [0, 0.1) is 3.57 Å². The molecule has 1 N–H and O–H groups in total. The van der Waals surface area contributed by atoms with Gasteiger partial charge in [0, 0.05) is 22.2 Å². The first kappa shape index (κ1) is 13.1. The van der Waals surface area contributed by atoms with Crippen LogP contribution in [0.5, 0.6) is 0 Å². The summed E-state index contributed by atoms with van der Waals surface area (Å²) in [6.07, 6.45) is 5.44. The van der Waals surface area contributed by atoms with Gasteiger partial charge in [-0.1, -0.05) is 11.6 Å². The van der Waals surface area contributed by atoms with E-state index < -0.39 is 0 Å². The van der Waals surface area contributed by atoms with Crippen molar-refractivity contribution >= 4 is 67.3 Å². The van der Waals surface area contributed by atoms with Crippen LogP contribution in [0.25, 0.3) is 5.65 Å². The molecule has 1 aromatic carbocycles. The van der Waals surface area contributed by atoms with Crippen molar-refractivity contribution in [3.8, 4) is 0 Å². The third-order valence-electron chi connectivity index (χ3n) is 2.53. The van der Waals surface area contributed by atoms with Gasteiger partial charge in [0.15, 0.2) is 11.5 Å². The van der Waals surface area contributed by atoms with E-state index in [4.69, 9.17) is 11.6 Å². The van der Waals surface area contributed by atoms with Gasteiger partial charge in [-0.15, -0.1) is 0 Å². The molecule has 7 heteroatoms. The molecule has 2 heterocycles. The number of hydrogen-bond donors (Lipinski definition) is 1. The largest absolute Gasteiger partial charge is 0.336 e. The second kappa shape index (κ2) is 5.26. The molecule has 0 atom stereocenters. The van der Waals surface area contributed by atoms with E-state index >= 15 is 0 Å². The second-order valence-electron chi connectivity index (χ2n) is 3.82. The minimum absolute atomic E-state index is 0.645. The lowest BCUT2D eigenvalue weighted by Crippen LogP contribution is -1.99. The average Bonchev–Trinajstić information content (AvgIpc) is 2.82. The van der Waals surface area contributed by atoms with Gasteiger partial charge in [-0.25, -0.2) is 9.97 Å². The molecule has 0 aliphatic rings. The van der Waals surface area contributed by atoms with E-state index in [0.717, 1.165) is 19.5 Å². The summed E-state index contributed by atoms with van der Waals surface area (Å²) in [6, 6.07) is 5.77. The molecular formula is C12H7BrClIN4. The Morgan fingerprint density at radius 1 is 1.37 bits per heavy atom. The number of rotatable bonds is 2. The van der Waals surface area contributed by atoms with Crippen molar-refractivity contribution in [2.24, 2.45) is 0 Å². The van der Waals surface area contributed by atoms with Crippen LogP contribution in [0.4, 0.5) is 11.5 Å². The first-order valence-electron chi connectivity index (χ1n) is 5.35. The minimum atomic E-state index is 0.645.